The quantitative estimate of drug-likeness (QED) is 0.545. The number of aromatic nitrogens is 5. The van der Waals surface area contributed by atoms with Gasteiger partial charge in [0, 0.05) is 35.5 Å². The van der Waals surface area contributed by atoms with E-state index in [1.807, 2.05) is 56.3 Å². The van der Waals surface area contributed by atoms with Crippen LogP contribution >= 0.6 is 0 Å². The van der Waals surface area contributed by atoms with Crippen LogP contribution in [0.2, 0.25) is 0 Å². The molecule has 1 aromatic carbocycles. The lowest BCUT2D eigenvalue weighted by atomic mass is 10.0. The second kappa shape index (κ2) is 8.18. The summed E-state index contributed by atoms with van der Waals surface area (Å²) in [5, 5.41) is 8.24. The predicted molar refractivity (Wildman–Crippen MR) is 111 cm³/mol. The molecule has 0 fully saturated rings. The molecule has 4 aromatic rings. The van der Waals surface area contributed by atoms with E-state index in [9.17, 15) is 4.79 Å². The van der Waals surface area contributed by atoms with Crippen LogP contribution in [-0.4, -0.2) is 30.6 Å². The minimum atomic E-state index is -0.185. The summed E-state index contributed by atoms with van der Waals surface area (Å²) in [5.41, 5.74) is 3.28. The summed E-state index contributed by atoms with van der Waals surface area (Å²) in [5.74, 6) is 0.633. The second-order valence-corrected chi connectivity index (χ2v) is 6.68. The van der Waals surface area contributed by atoms with Gasteiger partial charge < -0.3 is 5.32 Å². The zero-order valence-corrected chi connectivity index (χ0v) is 16.4. The van der Waals surface area contributed by atoms with Gasteiger partial charge in [0.2, 0.25) is 0 Å². The summed E-state index contributed by atoms with van der Waals surface area (Å²) in [6.07, 6.45) is 5.77. The smallest absolute Gasteiger partial charge is 0.251 e. The van der Waals surface area contributed by atoms with Gasteiger partial charge in [-0.05, 0) is 43.7 Å². The van der Waals surface area contributed by atoms with Crippen LogP contribution in [-0.2, 0) is 6.54 Å². The lowest BCUT2D eigenvalue weighted by Crippen LogP contribution is -2.30. The highest BCUT2D eigenvalue weighted by Gasteiger charge is 2.19. The summed E-state index contributed by atoms with van der Waals surface area (Å²) in [6, 6.07) is 13.1. The highest BCUT2D eigenvalue weighted by molar-refractivity contribution is 5.96. The summed E-state index contributed by atoms with van der Waals surface area (Å²) < 4.78 is 1.80. The first-order valence-corrected chi connectivity index (χ1v) is 9.70. The maximum atomic E-state index is 12.8. The number of amides is 1. The number of nitrogens with one attached hydrogen (secondary N) is 1. The molecule has 0 aliphatic carbocycles. The Kier molecular flexibility index (Phi) is 5.29. The van der Waals surface area contributed by atoms with Crippen LogP contribution in [0.25, 0.3) is 22.2 Å². The molecule has 0 aliphatic heterocycles. The van der Waals surface area contributed by atoms with Crippen LogP contribution in [0.5, 0.6) is 0 Å². The number of hydrogen-bond donors (Lipinski definition) is 1. The standard InChI is InChI=1S/C22H22N6O/c1-3-18(21-25-14-26-28(21)4-2)27-22(29)16-9-7-15(8-10-16)20-17-6-5-12-23-19(17)11-13-24-20/h5-14,18H,3-4H2,1-2H3,(H,27,29). The number of carbonyl (C=O) groups excluding carboxylic acids is 1. The number of pyridine rings is 2. The van der Waals surface area contributed by atoms with Crippen molar-refractivity contribution in [2.75, 3.05) is 0 Å². The first-order valence-electron chi connectivity index (χ1n) is 9.70. The average molecular weight is 386 g/mol. The minimum Gasteiger partial charge on any atom is -0.342 e. The van der Waals surface area contributed by atoms with E-state index in [-0.39, 0.29) is 11.9 Å². The summed E-state index contributed by atoms with van der Waals surface area (Å²) in [7, 11) is 0. The van der Waals surface area contributed by atoms with Crippen LogP contribution in [0.1, 0.15) is 42.5 Å². The fourth-order valence-corrected chi connectivity index (χ4v) is 3.39. The molecule has 1 amide bonds. The van der Waals surface area contributed by atoms with E-state index in [4.69, 9.17) is 0 Å². The fourth-order valence-electron chi connectivity index (χ4n) is 3.39. The number of hydrogen-bond acceptors (Lipinski definition) is 5. The van der Waals surface area contributed by atoms with Crippen molar-refractivity contribution >= 4 is 16.8 Å². The summed E-state index contributed by atoms with van der Waals surface area (Å²) in [6.45, 7) is 4.73. The third kappa shape index (κ3) is 3.71. The van der Waals surface area contributed by atoms with Gasteiger partial charge in [0.25, 0.3) is 5.91 Å². The summed E-state index contributed by atoms with van der Waals surface area (Å²) >= 11 is 0. The molecule has 0 radical (unpaired) electrons. The molecule has 0 aliphatic rings. The normalized spacial score (nSPS) is 12.1. The Morgan fingerprint density at radius 1 is 1.03 bits per heavy atom. The molecule has 0 saturated carbocycles. The maximum Gasteiger partial charge on any atom is 0.251 e. The molecule has 3 heterocycles. The number of carbonyl (C=O) groups is 1. The van der Waals surface area contributed by atoms with E-state index in [1.54, 1.807) is 17.1 Å². The van der Waals surface area contributed by atoms with Crippen molar-refractivity contribution in [2.45, 2.75) is 32.9 Å². The van der Waals surface area contributed by atoms with Gasteiger partial charge in [0.1, 0.15) is 12.2 Å². The topological polar surface area (TPSA) is 85.6 Å². The van der Waals surface area contributed by atoms with Gasteiger partial charge in [-0.3, -0.25) is 14.8 Å². The number of benzene rings is 1. The lowest BCUT2D eigenvalue weighted by Gasteiger charge is -2.17. The number of rotatable bonds is 6. The molecule has 7 heteroatoms. The fraction of sp³-hybridized carbons (Fsp3) is 0.227. The molecular weight excluding hydrogens is 364 g/mol. The predicted octanol–water partition coefficient (Wildman–Crippen LogP) is 3.79. The Bertz CT molecular complexity index is 1130. The molecule has 7 nitrogen and oxygen atoms in total. The highest BCUT2D eigenvalue weighted by Crippen LogP contribution is 2.25. The highest BCUT2D eigenvalue weighted by atomic mass is 16.1. The van der Waals surface area contributed by atoms with Crippen LogP contribution in [0, 0.1) is 0 Å². The molecule has 0 saturated heterocycles. The van der Waals surface area contributed by atoms with Crippen molar-refractivity contribution in [1.82, 2.24) is 30.0 Å². The SMILES string of the molecule is CCC(NC(=O)c1ccc(-c2nccc3ncccc23)cc1)c1ncnn1CC. The number of fused-ring (bicyclic) bond motifs is 1. The third-order valence-electron chi connectivity index (χ3n) is 4.92. The summed E-state index contributed by atoms with van der Waals surface area (Å²) in [4.78, 5) is 26.0. The van der Waals surface area contributed by atoms with Gasteiger partial charge in [0.15, 0.2) is 0 Å². The Hall–Kier alpha value is -3.61. The van der Waals surface area contributed by atoms with Gasteiger partial charge in [0.05, 0.1) is 17.3 Å². The van der Waals surface area contributed by atoms with Crippen molar-refractivity contribution in [1.29, 1.82) is 0 Å². The molecule has 3 aromatic heterocycles. The van der Waals surface area contributed by atoms with Crippen molar-refractivity contribution in [3.63, 3.8) is 0 Å². The first-order chi connectivity index (χ1) is 14.2. The zero-order valence-electron chi connectivity index (χ0n) is 16.4. The Morgan fingerprint density at radius 2 is 1.86 bits per heavy atom. The second-order valence-electron chi connectivity index (χ2n) is 6.68. The molecule has 4 rings (SSSR count). The van der Waals surface area contributed by atoms with Crippen LogP contribution < -0.4 is 5.32 Å². The van der Waals surface area contributed by atoms with E-state index < -0.39 is 0 Å². The molecule has 146 valence electrons. The van der Waals surface area contributed by atoms with Crippen molar-refractivity contribution in [3.8, 4) is 11.3 Å². The minimum absolute atomic E-state index is 0.137. The van der Waals surface area contributed by atoms with E-state index in [0.29, 0.717) is 12.1 Å². The monoisotopic (exact) mass is 386 g/mol. The average Bonchev–Trinajstić information content (AvgIpc) is 3.25. The van der Waals surface area contributed by atoms with Gasteiger partial charge in [-0.2, -0.15) is 5.10 Å². The molecule has 1 N–H and O–H groups in total. The van der Waals surface area contributed by atoms with Gasteiger partial charge in [-0.1, -0.05) is 19.1 Å². The maximum absolute atomic E-state index is 12.8. The van der Waals surface area contributed by atoms with Crippen LogP contribution in [0.4, 0.5) is 0 Å². The van der Waals surface area contributed by atoms with Crippen molar-refractivity contribution in [3.05, 3.63) is 72.6 Å². The molecular formula is C22H22N6O. The van der Waals surface area contributed by atoms with E-state index in [2.05, 4.69) is 25.4 Å². The number of nitrogens with zero attached hydrogens (tertiary/aromatic N) is 5. The molecule has 29 heavy (non-hydrogen) atoms. The van der Waals surface area contributed by atoms with Crippen LogP contribution in [0.3, 0.4) is 0 Å². The molecule has 0 spiro atoms. The molecule has 1 atom stereocenters. The Labute approximate surface area is 168 Å². The Morgan fingerprint density at radius 3 is 2.62 bits per heavy atom. The first kappa shape index (κ1) is 18.7. The molecule has 1 unspecified atom stereocenters. The van der Waals surface area contributed by atoms with Crippen molar-refractivity contribution in [2.24, 2.45) is 0 Å². The largest absolute Gasteiger partial charge is 0.342 e. The number of aryl methyl sites for hydroxylation is 1. The molecule has 0 bridgehead atoms. The van der Waals surface area contributed by atoms with Gasteiger partial charge in [-0.25, -0.2) is 9.67 Å². The third-order valence-corrected chi connectivity index (χ3v) is 4.92. The van der Waals surface area contributed by atoms with E-state index >= 15 is 0 Å². The van der Waals surface area contributed by atoms with E-state index in [1.165, 1.54) is 6.33 Å². The van der Waals surface area contributed by atoms with Gasteiger partial charge >= 0.3 is 0 Å². The lowest BCUT2D eigenvalue weighted by molar-refractivity contribution is 0.0932. The zero-order chi connectivity index (χ0) is 20.2. The van der Waals surface area contributed by atoms with Crippen LogP contribution in [0.15, 0.2) is 61.2 Å². The van der Waals surface area contributed by atoms with Gasteiger partial charge in [-0.15, -0.1) is 0 Å². The van der Waals surface area contributed by atoms with Crippen molar-refractivity contribution < 1.29 is 4.79 Å². The van der Waals surface area contributed by atoms with E-state index in [0.717, 1.165) is 34.4 Å². The Balaban J connectivity index is 1.56.